The van der Waals surface area contributed by atoms with E-state index in [1.54, 1.807) is 6.08 Å². The maximum Gasteiger partial charge on any atom is 0.220 e. The normalized spacial score (nSPS) is 20.0. The molecule has 1 amide bonds. The monoisotopic (exact) mass is 946 g/mol. The summed E-state index contributed by atoms with van der Waals surface area (Å²) in [6.45, 7) is 3.72. The molecule has 0 radical (unpaired) electrons. The van der Waals surface area contributed by atoms with Gasteiger partial charge >= 0.3 is 0 Å². The number of amides is 1. The average Bonchev–Trinajstić information content (AvgIpc) is 3.33. The zero-order valence-electron chi connectivity index (χ0n) is 43.4. The SMILES string of the molecule is CCCC/C=C/CC/C=C/CC/C=C/C(O)C(COC1OC(CO)C(O)C(O)C1O)NC(=O)CCCCCCCCCCCCCCCCCC/C=C\CCCCCCCCCCCCCC. The predicted octanol–water partition coefficient (Wildman–Crippen LogP) is 13.7. The number of carbonyl (C=O) groups is 1. The van der Waals surface area contributed by atoms with Gasteiger partial charge in [0, 0.05) is 6.42 Å². The number of ether oxygens (including phenoxy) is 2. The third-order valence-electron chi connectivity index (χ3n) is 13.4. The van der Waals surface area contributed by atoms with Crippen molar-refractivity contribution in [1.29, 1.82) is 0 Å². The first kappa shape index (κ1) is 63.2. The number of hydrogen-bond donors (Lipinski definition) is 6. The number of aliphatic hydroxyl groups excluding tert-OH is 5. The highest BCUT2D eigenvalue weighted by molar-refractivity contribution is 5.76. The molecule has 1 fully saturated rings. The smallest absolute Gasteiger partial charge is 0.220 e. The van der Waals surface area contributed by atoms with E-state index in [4.69, 9.17) is 9.47 Å². The van der Waals surface area contributed by atoms with Crippen LogP contribution in [0.2, 0.25) is 0 Å². The van der Waals surface area contributed by atoms with Gasteiger partial charge in [-0.15, -0.1) is 0 Å². The van der Waals surface area contributed by atoms with Crippen LogP contribution in [0.15, 0.2) is 48.6 Å². The fraction of sp³-hybridized carbons (Fsp3) is 0.845. The zero-order valence-corrected chi connectivity index (χ0v) is 43.4. The van der Waals surface area contributed by atoms with Crippen LogP contribution in [0.5, 0.6) is 0 Å². The number of nitrogens with one attached hydrogen (secondary N) is 1. The topological polar surface area (TPSA) is 149 Å². The summed E-state index contributed by atoms with van der Waals surface area (Å²) < 4.78 is 11.2. The van der Waals surface area contributed by atoms with Crippen LogP contribution in [0, 0.1) is 0 Å². The van der Waals surface area contributed by atoms with Crippen molar-refractivity contribution in [3.63, 3.8) is 0 Å². The first-order valence-corrected chi connectivity index (χ1v) is 28.4. The molecule has 7 atom stereocenters. The molecule has 1 rings (SSSR count). The van der Waals surface area contributed by atoms with Crippen LogP contribution in [0.1, 0.15) is 258 Å². The van der Waals surface area contributed by atoms with Gasteiger partial charge in [-0.25, -0.2) is 0 Å². The lowest BCUT2D eigenvalue weighted by Crippen LogP contribution is -2.60. The van der Waals surface area contributed by atoms with E-state index >= 15 is 0 Å². The molecule has 7 unspecified atom stereocenters. The Morgan fingerprint density at radius 1 is 0.493 bits per heavy atom. The van der Waals surface area contributed by atoms with Gasteiger partial charge in [-0.3, -0.25) is 4.79 Å². The first-order chi connectivity index (χ1) is 32.8. The number of unbranched alkanes of at least 4 members (excludes halogenated alkanes) is 32. The van der Waals surface area contributed by atoms with E-state index in [0.29, 0.717) is 6.42 Å². The molecule has 1 aliphatic heterocycles. The van der Waals surface area contributed by atoms with E-state index < -0.39 is 49.5 Å². The van der Waals surface area contributed by atoms with Gasteiger partial charge in [0.25, 0.3) is 0 Å². The lowest BCUT2D eigenvalue weighted by atomic mass is 9.99. The second kappa shape index (κ2) is 47.8. The van der Waals surface area contributed by atoms with Gasteiger partial charge in [-0.2, -0.15) is 0 Å². The van der Waals surface area contributed by atoms with Crippen LogP contribution in [-0.2, 0) is 14.3 Å². The van der Waals surface area contributed by atoms with E-state index in [1.165, 1.54) is 186 Å². The Bertz CT molecular complexity index is 1190. The fourth-order valence-electron chi connectivity index (χ4n) is 8.82. The molecule has 0 aromatic heterocycles. The molecule has 9 nitrogen and oxygen atoms in total. The number of carbonyl (C=O) groups excluding carboxylic acids is 1. The molecule has 392 valence electrons. The molecule has 67 heavy (non-hydrogen) atoms. The Labute approximate surface area is 412 Å². The molecule has 0 bridgehead atoms. The van der Waals surface area contributed by atoms with Crippen molar-refractivity contribution in [3.05, 3.63) is 48.6 Å². The second-order valence-corrected chi connectivity index (χ2v) is 19.7. The Morgan fingerprint density at radius 3 is 1.30 bits per heavy atom. The minimum atomic E-state index is -1.57. The molecule has 0 aromatic rings. The minimum Gasteiger partial charge on any atom is -0.394 e. The molecule has 0 saturated carbocycles. The zero-order chi connectivity index (χ0) is 48.7. The summed E-state index contributed by atoms with van der Waals surface area (Å²) in [6.07, 6.45) is 56.3. The molecule has 0 spiro atoms. The van der Waals surface area contributed by atoms with Crippen LogP contribution in [-0.4, -0.2) is 87.5 Å². The van der Waals surface area contributed by atoms with Crippen molar-refractivity contribution in [1.82, 2.24) is 5.32 Å². The van der Waals surface area contributed by atoms with Gasteiger partial charge in [0.2, 0.25) is 5.91 Å². The Hall–Kier alpha value is -1.85. The van der Waals surface area contributed by atoms with Crippen LogP contribution < -0.4 is 5.32 Å². The highest BCUT2D eigenvalue weighted by atomic mass is 16.7. The Morgan fingerprint density at radius 2 is 0.866 bits per heavy atom. The van der Waals surface area contributed by atoms with Crippen molar-refractivity contribution in [2.45, 2.75) is 301 Å². The summed E-state index contributed by atoms with van der Waals surface area (Å²) in [4.78, 5) is 13.0. The van der Waals surface area contributed by atoms with E-state index in [1.807, 2.05) is 6.08 Å². The van der Waals surface area contributed by atoms with Crippen molar-refractivity contribution in [2.24, 2.45) is 0 Å². The van der Waals surface area contributed by atoms with Gasteiger partial charge in [-0.1, -0.05) is 236 Å². The summed E-state index contributed by atoms with van der Waals surface area (Å²) in [6, 6.07) is -0.827. The standard InChI is InChI=1S/C58H107NO8/c1-3-5-7-9-11-13-15-17-18-19-20-21-22-23-24-25-26-27-28-29-30-31-32-33-34-35-36-38-40-42-44-46-48-54(62)59-51(50-66-58-57(65)56(64)55(63)53(49-60)67-58)52(61)47-45-43-41-39-37-16-14-12-10-8-6-4-2/h10,12,23-24,37,39,45,47,51-53,55-58,60-61,63-65H,3-9,11,13-22,25-36,38,40-44,46,48-50H2,1-2H3,(H,59,62)/b12-10+,24-23-,39-37+,47-45+. The number of hydrogen-bond acceptors (Lipinski definition) is 8. The third-order valence-corrected chi connectivity index (χ3v) is 13.4. The van der Waals surface area contributed by atoms with Crippen molar-refractivity contribution >= 4 is 5.91 Å². The van der Waals surface area contributed by atoms with Crippen LogP contribution in [0.4, 0.5) is 0 Å². The third kappa shape index (κ3) is 37.6. The molecule has 0 aliphatic carbocycles. The predicted molar refractivity (Wildman–Crippen MR) is 281 cm³/mol. The number of allylic oxidation sites excluding steroid dienone is 7. The van der Waals surface area contributed by atoms with Gasteiger partial charge in [0.15, 0.2) is 6.29 Å². The molecule has 9 heteroatoms. The fourth-order valence-corrected chi connectivity index (χ4v) is 8.82. The molecular weight excluding hydrogens is 839 g/mol. The van der Waals surface area contributed by atoms with Gasteiger partial charge in [-0.05, 0) is 64.2 Å². The first-order valence-electron chi connectivity index (χ1n) is 28.4. The highest BCUT2D eigenvalue weighted by Crippen LogP contribution is 2.23. The van der Waals surface area contributed by atoms with Crippen LogP contribution in [0.3, 0.4) is 0 Å². The molecule has 1 saturated heterocycles. The molecule has 1 aliphatic rings. The lowest BCUT2D eigenvalue weighted by molar-refractivity contribution is -0.302. The summed E-state index contributed by atoms with van der Waals surface area (Å²) >= 11 is 0. The Kier molecular flexibility index (Phi) is 45.1. The van der Waals surface area contributed by atoms with Crippen molar-refractivity contribution in [2.75, 3.05) is 13.2 Å². The number of aliphatic hydroxyl groups is 5. The summed E-state index contributed by atoms with van der Waals surface area (Å²) in [7, 11) is 0. The van der Waals surface area contributed by atoms with Crippen molar-refractivity contribution in [3.8, 4) is 0 Å². The number of rotatable bonds is 48. The molecule has 0 aromatic carbocycles. The minimum absolute atomic E-state index is 0.190. The van der Waals surface area contributed by atoms with Crippen molar-refractivity contribution < 1.29 is 39.8 Å². The summed E-state index contributed by atoms with van der Waals surface area (Å²) in [5.41, 5.74) is 0. The molecule has 6 N–H and O–H groups in total. The Balaban J connectivity index is 2.12. The van der Waals surface area contributed by atoms with E-state index in [2.05, 4.69) is 55.6 Å². The molecule has 1 heterocycles. The van der Waals surface area contributed by atoms with E-state index in [9.17, 15) is 30.3 Å². The van der Waals surface area contributed by atoms with Gasteiger partial charge in [0.05, 0.1) is 25.4 Å². The summed E-state index contributed by atoms with van der Waals surface area (Å²) in [5.74, 6) is -0.190. The summed E-state index contributed by atoms with van der Waals surface area (Å²) in [5, 5.41) is 54.3. The average molecular weight is 946 g/mol. The second-order valence-electron chi connectivity index (χ2n) is 19.7. The van der Waals surface area contributed by atoms with E-state index in [0.717, 1.165) is 51.4 Å². The molecular formula is C58H107NO8. The van der Waals surface area contributed by atoms with E-state index in [-0.39, 0.29) is 12.5 Å². The van der Waals surface area contributed by atoms with Gasteiger partial charge in [0.1, 0.15) is 24.4 Å². The largest absolute Gasteiger partial charge is 0.394 e. The maximum absolute atomic E-state index is 13.0. The van der Waals surface area contributed by atoms with Gasteiger partial charge < -0.3 is 40.3 Å². The lowest BCUT2D eigenvalue weighted by Gasteiger charge is -2.40. The van der Waals surface area contributed by atoms with Crippen LogP contribution in [0.25, 0.3) is 0 Å². The van der Waals surface area contributed by atoms with Crippen LogP contribution >= 0.6 is 0 Å². The quantitative estimate of drug-likeness (QED) is 0.0261. The highest BCUT2D eigenvalue weighted by Gasteiger charge is 2.44. The maximum atomic E-state index is 13.0.